The van der Waals surface area contributed by atoms with E-state index in [0.717, 1.165) is 17.6 Å². The smallest absolute Gasteiger partial charge is 0.0211 e. The van der Waals surface area contributed by atoms with Crippen molar-refractivity contribution < 1.29 is 0 Å². The zero-order chi connectivity index (χ0) is 12.1. The summed E-state index contributed by atoms with van der Waals surface area (Å²) < 4.78 is 1.14. The fraction of sp³-hybridized carbons (Fsp3) is 0.200. The fourth-order valence-corrected chi connectivity index (χ4v) is 2.18. The van der Waals surface area contributed by atoms with Crippen molar-refractivity contribution >= 4 is 15.9 Å². The average Bonchev–Trinajstić information content (AvgIpc) is 2.35. The molecule has 0 atom stereocenters. The Kier molecular flexibility index (Phi) is 4.35. The maximum Gasteiger partial charge on any atom is 0.0211 e. The highest BCUT2D eigenvalue weighted by Gasteiger charge is 1.99. The summed E-state index contributed by atoms with van der Waals surface area (Å²) in [5.74, 6) is 0. The van der Waals surface area contributed by atoms with E-state index in [1.807, 2.05) is 6.07 Å². The number of hydrogen-bond donors (Lipinski definition) is 1. The second-order valence-corrected chi connectivity index (χ2v) is 5.08. The summed E-state index contributed by atoms with van der Waals surface area (Å²) in [6.07, 6.45) is 0. The molecule has 0 unspecified atom stereocenters. The fourth-order valence-electron chi connectivity index (χ4n) is 1.77. The van der Waals surface area contributed by atoms with Crippen LogP contribution in [0.2, 0.25) is 0 Å². The molecule has 0 amide bonds. The number of halogens is 1. The van der Waals surface area contributed by atoms with E-state index in [0.29, 0.717) is 0 Å². The molecule has 0 aliphatic rings. The number of nitrogens with one attached hydrogen (secondary N) is 1. The Hall–Kier alpha value is -1.12. The van der Waals surface area contributed by atoms with Crippen molar-refractivity contribution in [2.45, 2.75) is 20.0 Å². The minimum absolute atomic E-state index is 0.903. The summed E-state index contributed by atoms with van der Waals surface area (Å²) in [4.78, 5) is 0. The summed E-state index contributed by atoms with van der Waals surface area (Å²) in [6.45, 7) is 3.96. The standard InChI is InChI=1S/C15H16BrN/c1-12-7-8-15(16)9-14(12)11-17-10-13-5-3-2-4-6-13/h2-9,17H,10-11H2,1H3. The molecule has 2 aromatic rings. The molecule has 1 N–H and O–H groups in total. The molecular weight excluding hydrogens is 274 g/mol. The predicted octanol–water partition coefficient (Wildman–Crippen LogP) is 4.05. The van der Waals surface area contributed by atoms with Crippen LogP contribution >= 0.6 is 15.9 Å². The summed E-state index contributed by atoms with van der Waals surface area (Å²) in [7, 11) is 0. The van der Waals surface area contributed by atoms with Crippen molar-refractivity contribution in [3.05, 3.63) is 69.7 Å². The van der Waals surface area contributed by atoms with Gasteiger partial charge in [-0.1, -0.05) is 52.3 Å². The first kappa shape index (κ1) is 12.3. The van der Waals surface area contributed by atoms with Crippen molar-refractivity contribution in [3.8, 4) is 0 Å². The van der Waals surface area contributed by atoms with Gasteiger partial charge in [0.25, 0.3) is 0 Å². The second-order valence-electron chi connectivity index (χ2n) is 4.16. The maximum absolute atomic E-state index is 3.51. The van der Waals surface area contributed by atoms with Gasteiger partial charge in [-0.15, -0.1) is 0 Å². The molecule has 88 valence electrons. The number of hydrogen-bond acceptors (Lipinski definition) is 1. The van der Waals surface area contributed by atoms with Gasteiger partial charge >= 0.3 is 0 Å². The summed E-state index contributed by atoms with van der Waals surface area (Å²) >= 11 is 3.51. The lowest BCUT2D eigenvalue weighted by atomic mass is 10.1. The van der Waals surface area contributed by atoms with Crippen LogP contribution in [-0.4, -0.2) is 0 Å². The molecular formula is C15H16BrN. The third-order valence-corrected chi connectivity index (χ3v) is 3.29. The monoisotopic (exact) mass is 289 g/mol. The largest absolute Gasteiger partial charge is 0.309 e. The van der Waals surface area contributed by atoms with Crippen LogP contribution in [0, 0.1) is 6.92 Å². The van der Waals surface area contributed by atoms with Crippen LogP contribution in [0.5, 0.6) is 0 Å². The molecule has 0 aromatic heterocycles. The van der Waals surface area contributed by atoms with E-state index in [1.54, 1.807) is 0 Å². The van der Waals surface area contributed by atoms with E-state index in [9.17, 15) is 0 Å². The van der Waals surface area contributed by atoms with Crippen LogP contribution in [-0.2, 0) is 13.1 Å². The molecule has 0 aliphatic carbocycles. The van der Waals surface area contributed by atoms with Crippen molar-refractivity contribution in [3.63, 3.8) is 0 Å². The summed E-state index contributed by atoms with van der Waals surface area (Å²) in [6, 6.07) is 16.9. The highest BCUT2D eigenvalue weighted by Crippen LogP contribution is 2.15. The first-order chi connectivity index (χ1) is 8.25. The first-order valence-electron chi connectivity index (χ1n) is 5.75. The van der Waals surface area contributed by atoms with Gasteiger partial charge in [0.2, 0.25) is 0 Å². The lowest BCUT2D eigenvalue weighted by Crippen LogP contribution is -2.13. The predicted molar refractivity (Wildman–Crippen MR) is 75.9 cm³/mol. The number of aryl methyl sites for hydroxylation is 1. The Morgan fingerprint density at radius 1 is 1.00 bits per heavy atom. The lowest BCUT2D eigenvalue weighted by molar-refractivity contribution is 0.690. The highest BCUT2D eigenvalue weighted by atomic mass is 79.9. The summed E-state index contributed by atoms with van der Waals surface area (Å²) in [5.41, 5.74) is 3.99. The first-order valence-corrected chi connectivity index (χ1v) is 6.54. The van der Waals surface area contributed by atoms with E-state index in [-0.39, 0.29) is 0 Å². The minimum Gasteiger partial charge on any atom is -0.309 e. The van der Waals surface area contributed by atoms with E-state index < -0.39 is 0 Å². The average molecular weight is 290 g/mol. The normalized spacial score (nSPS) is 10.5. The summed E-state index contributed by atoms with van der Waals surface area (Å²) in [5, 5.41) is 3.47. The molecule has 0 saturated heterocycles. The van der Waals surface area contributed by atoms with Crippen LogP contribution < -0.4 is 5.32 Å². The van der Waals surface area contributed by atoms with Crippen LogP contribution in [0.25, 0.3) is 0 Å². The van der Waals surface area contributed by atoms with Gasteiger partial charge < -0.3 is 5.32 Å². The van der Waals surface area contributed by atoms with Crippen LogP contribution in [0.3, 0.4) is 0 Å². The molecule has 1 nitrogen and oxygen atoms in total. The van der Waals surface area contributed by atoms with Crippen molar-refractivity contribution in [2.24, 2.45) is 0 Å². The van der Waals surface area contributed by atoms with Gasteiger partial charge in [0.15, 0.2) is 0 Å². The Morgan fingerprint density at radius 3 is 2.53 bits per heavy atom. The van der Waals surface area contributed by atoms with E-state index in [1.165, 1.54) is 16.7 Å². The number of rotatable bonds is 4. The van der Waals surface area contributed by atoms with Crippen LogP contribution in [0.4, 0.5) is 0 Å². The van der Waals surface area contributed by atoms with Crippen LogP contribution in [0.1, 0.15) is 16.7 Å². The van der Waals surface area contributed by atoms with Gasteiger partial charge in [-0.25, -0.2) is 0 Å². The molecule has 0 saturated carbocycles. The lowest BCUT2D eigenvalue weighted by Gasteiger charge is -2.08. The van der Waals surface area contributed by atoms with Gasteiger partial charge in [0, 0.05) is 17.6 Å². The van der Waals surface area contributed by atoms with E-state index in [2.05, 4.69) is 70.6 Å². The Morgan fingerprint density at radius 2 is 1.76 bits per heavy atom. The molecule has 2 rings (SSSR count). The SMILES string of the molecule is Cc1ccc(Br)cc1CNCc1ccccc1. The third-order valence-electron chi connectivity index (χ3n) is 2.80. The Labute approximate surface area is 111 Å². The zero-order valence-electron chi connectivity index (χ0n) is 9.91. The minimum atomic E-state index is 0.903. The quantitative estimate of drug-likeness (QED) is 0.896. The van der Waals surface area contributed by atoms with E-state index >= 15 is 0 Å². The zero-order valence-corrected chi connectivity index (χ0v) is 11.5. The Balaban J connectivity index is 1.92. The molecule has 0 heterocycles. The van der Waals surface area contributed by atoms with Crippen LogP contribution in [0.15, 0.2) is 53.0 Å². The van der Waals surface area contributed by atoms with Gasteiger partial charge in [-0.3, -0.25) is 0 Å². The van der Waals surface area contributed by atoms with Gasteiger partial charge in [-0.05, 0) is 35.7 Å². The van der Waals surface area contributed by atoms with Gasteiger partial charge in [-0.2, -0.15) is 0 Å². The Bertz CT molecular complexity index is 480. The van der Waals surface area contributed by atoms with E-state index in [4.69, 9.17) is 0 Å². The molecule has 0 spiro atoms. The number of benzene rings is 2. The molecule has 0 bridgehead atoms. The molecule has 17 heavy (non-hydrogen) atoms. The molecule has 0 fully saturated rings. The maximum atomic E-state index is 3.51. The van der Waals surface area contributed by atoms with Gasteiger partial charge in [0.1, 0.15) is 0 Å². The molecule has 0 aliphatic heterocycles. The van der Waals surface area contributed by atoms with Crippen molar-refractivity contribution in [2.75, 3.05) is 0 Å². The third kappa shape index (κ3) is 3.69. The molecule has 0 radical (unpaired) electrons. The molecule has 2 aromatic carbocycles. The van der Waals surface area contributed by atoms with Crippen molar-refractivity contribution in [1.82, 2.24) is 5.32 Å². The van der Waals surface area contributed by atoms with Crippen molar-refractivity contribution in [1.29, 1.82) is 0 Å². The highest BCUT2D eigenvalue weighted by molar-refractivity contribution is 9.10. The van der Waals surface area contributed by atoms with Gasteiger partial charge in [0.05, 0.1) is 0 Å². The molecule has 2 heteroatoms. The second kappa shape index (κ2) is 5.99. The topological polar surface area (TPSA) is 12.0 Å².